The highest BCUT2D eigenvalue weighted by Gasteiger charge is 2.73. The minimum atomic E-state index is -1.34. The number of benzene rings is 1. The van der Waals surface area contributed by atoms with Crippen LogP contribution in [0.1, 0.15) is 69.4 Å². The lowest BCUT2D eigenvalue weighted by atomic mass is 9.53. The van der Waals surface area contributed by atoms with Crippen LogP contribution in [-0.2, 0) is 24.5 Å². The average molecular weight is 633 g/mol. The maximum Gasteiger partial charge on any atom is 0.248 e. The van der Waals surface area contributed by atoms with Gasteiger partial charge in [-0.1, -0.05) is 43.1 Å². The average Bonchev–Trinajstić information content (AvgIpc) is 3.44. The van der Waals surface area contributed by atoms with Crippen LogP contribution in [0.25, 0.3) is 0 Å². The first-order chi connectivity index (χ1) is 20.4. The number of rotatable bonds is 4. The van der Waals surface area contributed by atoms with E-state index in [2.05, 4.69) is 40.1 Å². The van der Waals surface area contributed by atoms with Gasteiger partial charge in [0.25, 0.3) is 0 Å². The molecule has 2 saturated heterocycles. The van der Waals surface area contributed by atoms with Gasteiger partial charge in [0.15, 0.2) is 11.0 Å². The van der Waals surface area contributed by atoms with Gasteiger partial charge in [-0.25, -0.2) is 9.37 Å². The van der Waals surface area contributed by atoms with Crippen molar-refractivity contribution in [1.82, 2.24) is 20.9 Å². The van der Waals surface area contributed by atoms with Crippen molar-refractivity contribution in [2.75, 3.05) is 19.0 Å². The zero-order valence-electron chi connectivity index (χ0n) is 24.4. The first-order valence-corrected chi connectivity index (χ1v) is 15.5. The highest BCUT2D eigenvalue weighted by atomic mass is 35.5. The summed E-state index contributed by atoms with van der Waals surface area (Å²) in [6, 6.07) is 5.42. The number of pyridine rings is 1. The van der Waals surface area contributed by atoms with Crippen LogP contribution in [0, 0.1) is 11.2 Å². The van der Waals surface area contributed by atoms with E-state index in [4.69, 9.17) is 27.9 Å². The van der Waals surface area contributed by atoms with Crippen molar-refractivity contribution in [2.45, 2.75) is 87.4 Å². The van der Waals surface area contributed by atoms with Crippen LogP contribution in [0.4, 0.5) is 10.1 Å². The molecular weight excluding hydrogens is 596 g/mol. The Labute approximate surface area is 260 Å². The molecule has 6 rings (SSSR count). The lowest BCUT2D eigenvalue weighted by Gasteiger charge is -2.50. The van der Waals surface area contributed by atoms with E-state index in [9.17, 15) is 14.4 Å². The fraction of sp³-hybridized carbons (Fsp3) is 0.548. The zero-order valence-corrected chi connectivity index (χ0v) is 25.9. The molecule has 4 N–H and O–H groups in total. The third-order valence-electron chi connectivity index (χ3n) is 10.1. The second-order valence-corrected chi connectivity index (χ2v) is 13.8. The number of nitrogens with one attached hydrogen (secondary N) is 4. The maximum absolute atomic E-state index is 16.0. The van der Waals surface area contributed by atoms with Crippen LogP contribution in [0.3, 0.4) is 0 Å². The first-order valence-electron chi connectivity index (χ1n) is 14.7. The number of carbonyl (C=O) groups is 3. The number of amides is 3. The van der Waals surface area contributed by atoms with Crippen LogP contribution >= 0.6 is 23.2 Å². The van der Waals surface area contributed by atoms with Crippen molar-refractivity contribution in [3.63, 3.8) is 0 Å². The van der Waals surface area contributed by atoms with Crippen LogP contribution in [0.15, 0.2) is 30.5 Å². The van der Waals surface area contributed by atoms with E-state index in [0.717, 1.165) is 12.8 Å². The van der Waals surface area contributed by atoms with Gasteiger partial charge in [0.2, 0.25) is 17.7 Å². The minimum Gasteiger partial charge on any atom is -0.366 e. The third-order valence-corrected chi connectivity index (χ3v) is 10.6. The number of ether oxygens (including phenoxy) is 1. The van der Waals surface area contributed by atoms with Crippen LogP contribution in [-0.4, -0.2) is 60.1 Å². The molecule has 0 radical (unpaired) electrons. The van der Waals surface area contributed by atoms with Gasteiger partial charge < -0.3 is 20.7 Å². The summed E-state index contributed by atoms with van der Waals surface area (Å²) in [5.41, 5.74) is -0.800. The predicted molar refractivity (Wildman–Crippen MR) is 161 cm³/mol. The molecule has 230 valence electrons. The van der Waals surface area contributed by atoms with Gasteiger partial charge in [0, 0.05) is 35.4 Å². The SMILES string of the molecule is CNC(=O)[C@@H]1CC[C@@H](NC(=O)C2NC3(CCC(C)(C)CC3)[C@@]3(C(=O)Nc4cc(Cl)ccc43)[C@H]2c2ccnc(Cl)c2F)CO1. The Morgan fingerprint density at radius 2 is 1.84 bits per heavy atom. The number of halogens is 3. The molecule has 3 aliphatic heterocycles. The molecule has 12 heteroatoms. The molecule has 4 aliphatic rings. The number of fused-ring (bicyclic) bond motifs is 3. The Morgan fingerprint density at radius 1 is 1.09 bits per heavy atom. The number of likely N-dealkylation sites (N-methyl/N-ethyl adjacent to an activating group) is 1. The van der Waals surface area contributed by atoms with Gasteiger partial charge in [-0.3, -0.25) is 19.7 Å². The Kier molecular flexibility index (Phi) is 7.72. The van der Waals surface area contributed by atoms with Crippen molar-refractivity contribution in [1.29, 1.82) is 0 Å². The molecule has 9 nitrogen and oxygen atoms in total. The zero-order chi connectivity index (χ0) is 30.7. The molecule has 1 aliphatic carbocycles. The second-order valence-electron chi connectivity index (χ2n) is 13.0. The number of hydrogen-bond donors (Lipinski definition) is 4. The number of anilines is 1. The minimum absolute atomic E-state index is 0.0356. The fourth-order valence-electron chi connectivity index (χ4n) is 7.85. The Balaban J connectivity index is 1.46. The molecular formula is C31H36Cl2FN5O4. The van der Waals surface area contributed by atoms with Crippen LogP contribution in [0.2, 0.25) is 10.2 Å². The summed E-state index contributed by atoms with van der Waals surface area (Å²) in [4.78, 5) is 44.8. The van der Waals surface area contributed by atoms with E-state index >= 15 is 4.39 Å². The summed E-state index contributed by atoms with van der Waals surface area (Å²) >= 11 is 12.6. The summed E-state index contributed by atoms with van der Waals surface area (Å²) < 4.78 is 21.8. The van der Waals surface area contributed by atoms with Crippen molar-refractivity contribution in [3.05, 3.63) is 57.6 Å². The van der Waals surface area contributed by atoms with Gasteiger partial charge in [-0.2, -0.15) is 0 Å². The number of hydrogen-bond acceptors (Lipinski definition) is 6. The molecule has 4 heterocycles. The number of aromatic nitrogens is 1. The Hall–Kier alpha value is -2.79. The van der Waals surface area contributed by atoms with E-state index < -0.39 is 34.8 Å². The van der Waals surface area contributed by atoms with E-state index in [-0.39, 0.29) is 46.5 Å². The summed E-state index contributed by atoms with van der Waals surface area (Å²) in [5, 5.41) is 12.5. The predicted octanol–water partition coefficient (Wildman–Crippen LogP) is 4.22. The Bertz CT molecular complexity index is 1470. The summed E-state index contributed by atoms with van der Waals surface area (Å²) in [6.45, 7) is 4.55. The van der Waals surface area contributed by atoms with Crippen molar-refractivity contribution >= 4 is 46.6 Å². The highest BCUT2D eigenvalue weighted by molar-refractivity contribution is 6.31. The van der Waals surface area contributed by atoms with Gasteiger partial charge in [0.1, 0.15) is 11.5 Å². The quantitative estimate of drug-likeness (QED) is 0.375. The molecule has 43 heavy (non-hydrogen) atoms. The number of nitrogens with zero attached hydrogens (tertiary/aromatic N) is 1. The van der Waals surface area contributed by atoms with Gasteiger partial charge in [-0.15, -0.1) is 0 Å². The molecule has 2 aromatic rings. The lowest BCUT2D eigenvalue weighted by molar-refractivity contribution is -0.136. The Morgan fingerprint density at radius 3 is 2.51 bits per heavy atom. The third kappa shape index (κ3) is 4.81. The van der Waals surface area contributed by atoms with Crippen molar-refractivity contribution in [2.24, 2.45) is 5.41 Å². The molecule has 5 atom stereocenters. The van der Waals surface area contributed by atoms with Gasteiger partial charge in [-0.05, 0) is 73.3 Å². The fourth-order valence-corrected chi connectivity index (χ4v) is 8.19. The lowest BCUT2D eigenvalue weighted by Crippen LogP contribution is -2.61. The molecule has 1 aromatic carbocycles. The molecule has 3 fully saturated rings. The van der Waals surface area contributed by atoms with E-state index in [1.54, 1.807) is 19.2 Å². The molecule has 1 saturated carbocycles. The van der Waals surface area contributed by atoms with E-state index in [1.807, 2.05) is 6.07 Å². The molecule has 0 bridgehead atoms. The first kappa shape index (κ1) is 30.2. The van der Waals surface area contributed by atoms with E-state index in [1.165, 1.54) is 12.3 Å². The maximum atomic E-state index is 16.0. The van der Waals surface area contributed by atoms with Crippen LogP contribution < -0.4 is 21.3 Å². The van der Waals surface area contributed by atoms with E-state index in [0.29, 0.717) is 42.0 Å². The normalized spacial score (nSPS) is 30.6. The molecule has 1 unspecified atom stereocenters. The summed E-state index contributed by atoms with van der Waals surface area (Å²) in [5.74, 6) is -2.60. The monoisotopic (exact) mass is 631 g/mol. The van der Waals surface area contributed by atoms with Crippen molar-refractivity contribution in [3.8, 4) is 0 Å². The van der Waals surface area contributed by atoms with Gasteiger partial charge in [0.05, 0.1) is 18.7 Å². The summed E-state index contributed by atoms with van der Waals surface area (Å²) in [6.07, 6.45) is 4.59. The molecule has 1 aromatic heterocycles. The second kappa shape index (κ2) is 11.0. The molecule has 2 spiro atoms. The molecule has 3 amide bonds. The largest absolute Gasteiger partial charge is 0.366 e. The topological polar surface area (TPSA) is 121 Å². The smallest absolute Gasteiger partial charge is 0.248 e. The number of carbonyl (C=O) groups excluding carboxylic acids is 3. The standard InChI is InChI=1S/C31H36Cl2FN5O4/c1-29(2)9-11-30(12-10-29)31(19-6-4-16(32)14-20(19)38-28(31)42)22(18-8-13-36-25(33)23(18)34)24(39-30)27(41)37-17-5-7-21(43-15-17)26(40)35-3/h4,6,8,13-14,17,21-22,24,39H,5,7,9-12,15H2,1-3H3,(H,35,40)(H,37,41)(H,38,42)/t17-,21+,22+,24?,31-/m1/s1. The van der Waals surface area contributed by atoms with Crippen LogP contribution in [0.5, 0.6) is 0 Å². The highest BCUT2D eigenvalue weighted by Crippen LogP contribution is 2.64. The van der Waals surface area contributed by atoms with Crippen molar-refractivity contribution < 1.29 is 23.5 Å². The summed E-state index contributed by atoms with van der Waals surface area (Å²) in [7, 11) is 1.55. The van der Waals surface area contributed by atoms with Gasteiger partial charge >= 0.3 is 0 Å².